The number of unbranched alkanes of at least 4 members (excludes halogenated alkanes) is 1. The minimum Gasteiger partial charge on any atom is -0.402 e. The number of aromatic nitrogens is 2. The van der Waals surface area contributed by atoms with Gasteiger partial charge in [-0.25, -0.2) is 0 Å². The van der Waals surface area contributed by atoms with Crippen LogP contribution in [0.15, 0.2) is 78.3 Å². The average molecular weight is 604 g/mol. The molecule has 228 valence electrons. The first kappa shape index (κ1) is 33.0. The molecular weight excluding hydrogens is 562 g/mol. The van der Waals surface area contributed by atoms with Gasteiger partial charge in [0.15, 0.2) is 0 Å². The second kappa shape index (κ2) is 17.4. The SMILES string of the molecule is CC(C)CNC(=O)Cc1cccc(CC(=O)N/C(N)=C/C=C(\N)CCCCc2nnc(NC(=O)Cc3ccccc3)s2)c1. The lowest BCUT2D eigenvalue weighted by Crippen LogP contribution is -2.29. The fraction of sp³-hybridized carbons (Fsp3) is 0.344. The number of rotatable bonds is 16. The molecule has 1 aromatic heterocycles. The lowest BCUT2D eigenvalue weighted by atomic mass is 10.1. The molecule has 0 saturated carbocycles. The smallest absolute Gasteiger partial charge is 0.230 e. The van der Waals surface area contributed by atoms with E-state index in [1.807, 2.05) is 68.4 Å². The molecule has 3 amide bonds. The number of aryl methyl sites for hydroxylation is 1. The number of anilines is 1. The Morgan fingerprint density at radius 3 is 2.23 bits per heavy atom. The third-order valence-electron chi connectivity index (χ3n) is 6.22. The molecular formula is C32H41N7O3S. The number of nitrogens with zero attached hydrogens (tertiary/aromatic N) is 2. The van der Waals surface area contributed by atoms with E-state index in [0.717, 1.165) is 41.0 Å². The molecule has 0 unspecified atom stereocenters. The highest BCUT2D eigenvalue weighted by Crippen LogP contribution is 2.18. The molecule has 10 nitrogen and oxygen atoms in total. The predicted molar refractivity (Wildman–Crippen MR) is 171 cm³/mol. The Hall–Kier alpha value is -4.51. The van der Waals surface area contributed by atoms with Crippen molar-refractivity contribution in [3.05, 3.63) is 100.0 Å². The highest BCUT2D eigenvalue weighted by molar-refractivity contribution is 7.15. The van der Waals surface area contributed by atoms with Gasteiger partial charge in [0.05, 0.1) is 19.3 Å². The van der Waals surface area contributed by atoms with Crippen LogP contribution in [0.4, 0.5) is 5.13 Å². The number of carbonyl (C=O) groups is 3. The van der Waals surface area contributed by atoms with Crippen molar-refractivity contribution in [3.8, 4) is 0 Å². The number of nitrogens with two attached hydrogens (primary N) is 2. The van der Waals surface area contributed by atoms with E-state index in [9.17, 15) is 14.4 Å². The van der Waals surface area contributed by atoms with Crippen LogP contribution in [0.25, 0.3) is 0 Å². The standard InChI is InChI=1S/C32H41N7O3S/c1-22(2)21-35-28(40)19-24-11-8-12-25(17-24)20-29(41)36-27(34)16-15-26(33)13-6-7-14-31-38-39-32(43-31)37-30(42)18-23-9-4-3-5-10-23/h3-5,8-12,15-17,22H,6-7,13-14,18-21,33-34H2,1-2H3,(H,35,40)(H,36,41)(H,37,39,42)/b26-15-,27-16+. The van der Waals surface area contributed by atoms with Gasteiger partial charge in [-0.3, -0.25) is 14.4 Å². The normalized spacial score (nSPS) is 11.8. The lowest BCUT2D eigenvalue weighted by Gasteiger charge is -2.09. The van der Waals surface area contributed by atoms with Crippen molar-refractivity contribution in [3.63, 3.8) is 0 Å². The quantitative estimate of drug-likeness (QED) is 0.123. The molecule has 3 aromatic rings. The first-order valence-corrected chi connectivity index (χ1v) is 15.2. The molecule has 3 rings (SSSR count). The minimum absolute atomic E-state index is 0.0404. The molecule has 0 aliphatic rings. The topological polar surface area (TPSA) is 165 Å². The number of benzene rings is 2. The van der Waals surface area contributed by atoms with Gasteiger partial charge in [-0.15, -0.1) is 10.2 Å². The van der Waals surface area contributed by atoms with E-state index in [4.69, 9.17) is 11.5 Å². The van der Waals surface area contributed by atoms with Crippen LogP contribution >= 0.6 is 11.3 Å². The number of allylic oxidation sites excluding steroid dienone is 3. The second-order valence-electron chi connectivity index (χ2n) is 10.7. The average Bonchev–Trinajstić information content (AvgIpc) is 3.40. The van der Waals surface area contributed by atoms with Crippen molar-refractivity contribution >= 4 is 34.2 Å². The lowest BCUT2D eigenvalue weighted by molar-refractivity contribution is -0.121. The number of hydrogen-bond donors (Lipinski definition) is 5. The van der Waals surface area contributed by atoms with Gasteiger partial charge in [-0.05, 0) is 54.0 Å². The first-order chi connectivity index (χ1) is 20.7. The summed E-state index contributed by atoms with van der Waals surface area (Å²) < 4.78 is 0. The van der Waals surface area contributed by atoms with Crippen LogP contribution < -0.4 is 27.4 Å². The molecule has 0 saturated heterocycles. The largest absolute Gasteiger partial charge is 0.402 e. The summed E-state index contributed by atoms with van der Waals surface area (Å²) in [6.45, 7) is 4.72. The Kier molecular flexibility index (Phi) is 13.4. The summed E-state index contributed by atoms with van der Waals surface area (Å²) >= 11 is 1.37. The van der Waals surface area contributed by atoms with E-state index in [0.29, 0.717) is 29.7 Å². The van der Waals surface area contributed by atoms with Gasteiger partial charge in [0.25, 0.3) is 0 Å². The molecule has 0 fully saturated rings. The monoisotopic (exact) mass is 603 g/mol. The van der Waals surface area contributed by atoms with E-state index in [2.05, 4.69) is 26.1 Å². The van der Waals surface area contributed by atoms with Gasteiger partial charge in [0, 0.05) is 18.7 Å². The summed E-state index contributed by atoms with van der Waals surface area (Å²) in [5, 5.41) is 18.0. The maximum atomic E-state index is 12.5. The van der Waals surface area contributed by atoms with Crippen molar-refractivity contribution < 1.29 is 14.4 Å². The van der Waals surface area contributed by atoms with Crippen molar-refractivity contribution in [1.82, 2.24) is 20.8 Å². The fourth-order valence-corrected chi connectivity index (χ4v) is 4.88. The van der Waals surface area contributed by atoms with Gasteiger partial charge in [-0.2, -0.15) is 0 Å². The minimum atomic E-state index is -0.255. The molecule has 0 bridgehead atoms. The maximum absolute atomic E-state index is 12.5. The Balaban J connectivity index is 1.35. The van der Waals surface area contributed by atoms with Crippen molar-refractivity contribution in [2.24, 2.45) is 17.4 Å². The summed E-state index contributed by atoms with van der Waals surface area (Å²) in [5.74, 6) is 0.170. The molecule has 0 aliphatic heterocycles. The molecule has 0 radical (unpaired) electrons. The zero-order chi connectivity index (χ0) is 31.0. The fourth-order valence-electron chi connectivity index (χ4n) is 4.08. The summed E-state index contributed by atoms with van der Waals surface area (Å²) in [4.78, 5) is 36.8. The Morgan fingerprint density at radius 1 is 0.837 bits per heavy atom. The van der Waals surface area contributed by atoms with E-state index in [-0.39, 0.29) is 42.8 Å². The molecule has 43 heavy (non-hydrogen) atoms. The van der Waals surface area contributed by atoms with Crippen LogP contribution in [0.2, 0.25) is 0 Å². The van der Waals surface area contributed by atoms with Gasteiger partial charge >= 0.3 is 0 Å². The number of hydrogen-bond acceptors (Lipinski definition) is 8. The van der Waals surface area contributed by atoms with Gasteiger partial charge < -0.3 is 27.4 Å². The molecule has 2 aromatic carbocycles. The first-order valence-electron chi connectivity index (χ1n) is 14.4. The van der Waals surface area contributed by atoms with E-state index in [1.165, 1.54) is 11.3 Å². The Bertz CT molecular complexity index is 1420. The molecule has 7 N–H and O–H groups in total. The molecule has 1 heterocycles. The number of nitrogens with one attached hydrogen (secondary N) is 3. The highest BCUT2D eigenvalue weighted by atomic mass is 32.1. The van der Waals surface area contributed by atoms with Gasteiger partial charge in [-0.1, -0.05) is 79.8 Å². The predicted octanol–water partition coefficient (Wildman–Crippen LogP) is 3.75. The summed E-state index contributed by atoms with van der Waals surface area (Å²) in [6, 6.07) is 17.0. The number of amides is 3. The van der Waals surface area contributed by atoms with Crippen molar-refractivity contribution in [2.45, 2.75) is 58.8 Å². The van der Waals surface area contributed by atoms with E-state index in [1.54, 1.807) is 12.2 Å². The van der Waals surface area contributed by atoms with Gasteiger partial charge in [0.2, 0.25) is 22.9 Å². The summed E-state index contributed by atoms with van der Waals surface area (Å²) in [5.41, 5.74) is 15.3. The third-order valence-corrected chi connectivity index (χ3v) is 7.11. The summed E-state index contributed by atoms with van der Waals surface area (Å²) in [6.07, 6.45) is 7.06. The van der Waals surface area contributed by atoms with Crippen LogP contribution in [-0.2, 0) is 40.1 Å². The molecule has 0 atom stereocenters. The number of carbonyl (C=O) groups excluding carboxylic acids is 3. The van der Waals surface area contributed by atoms with Crippen LogP contribution in [0.3, 0.4) is 0 Å². The van der Waals surface area contributed by atoms with E-state index >= 15 is 0 Å². The van der Waals surface area contributed by atoms with Crippen LogP contribution in [-0.4, -0.2) is 34.5 Å². The van der Waals surface area contributed by atoms with Crippen molar-refractivity contribution in [1.29, 1.82) is 0 Å². The van der Waals surface area contributed by atoms with Gasteiger partial charge in [0.1, 0.15) is 10.8 Å². The zero-order valence-electron chi connectivity index (χ0n) is 24.8. The maximum Gasteiger partial charge on any atom is 0.230 e. The van der Waals surface area contributed by atoms with E-state index < -0.39 is 0 Å². The Labute approximate surface area is 257 Å². The summed E-state index contributed by atoms with van der Waals surface area (Å²) in [7, 11) is 0. The third kappa shape index (κ3) is 13.3. The van der Waals surface area contributed by atoms with Crippen molar-refractivity contribution in [2.75, 3.05) is 11.9 Å². The van der Waals surface area contributed by atoms with Crippen LogP contribution in [0.1, 0.15) is 54.8 Å². The second-order valence-corrected chi connectivity index (χ2v) is 11.8. The molecule has 0 spiro atoms. The highest BCUT2D eigenvalue weighted by Gasteiger charge is 2.10. The molecule has 0 aliphatic carbocycles. The molecule has 11 heteroatoms. The zero-order valence-corrected chi connectivity index (χ0v) is 25.6. The Morgan fingerprint density at radius 2 is 1.51 bits per heavy atom. The van der Waals surface area contributed by atoms with Crippen LogP contribution in [0, 0.1) is 5.92 Å². The van der Waals surface area contributed by atoms with Crippen LogP contribution in [0.5, 0.6) is 0 Å².